The van der Waals surface area contributed by atoms with Gasteiger partial charge in [-0.2, -0.15) is 0 Å². The van der Waals surface area contributed by atoms with Crippen LogP contribution in [-0.4, -0.2) is 22.0 Å². The highest BCUT2D eigenvalue weighted by molar-refractivity contribution is 5.66. The van der Waals surface area contributed by atoms with Gasteiger partial charge in [-0.3, -0.25) is 4.79 Å². The second-order valence-electron chi connectivity index (χ2n) is 8.25. The van der Waals surface area contributed by atoms with Crippen molar-refractivity contribution in [1.82, 2.24) is 0 Å². The molecular weight excluding hydrogens is 364 g/mol. The molecule has 0 heterocycles. The van der Waals surface area contributed by atoms with Gasteiger partial charge in [0, 0.05) is 19.3 Å². The third kappa shape index (κ3) is 14.3. The summed E-state index contributed by atoms with van der Waals surface area (Å²) in [5, 5.41) is 19.6. The molecule has 0 saturated heterocycles. The van der Waals surface area contributed by atoms with Gasteiger partial charge in [0.05, 0.1) is 6.61 Å². The highest BCUT2D eigenvalue weighted by atomic mass is 16.6. The van der Waals surface area contributed by atoms with Crippen molar-refractivity contribution in [1.29, 1.82) is 0 Å². The van der Waals surface area contributed by atoms with Crippen LogP contribution < -0.4 is 0 Å². The number of aliphatic carboxylic acids is 1. The fourth-order valence-corrected chi connectivity index (χ4v) is 3.63. The van der Waals surface area contributed by atoms with Crippen LogP contribution in [-0.2, 0) is 16.1 Å². The Labute approximate surface area is 177 Å². The van der Waals surface area contributed by atoms with E-state index in [0.29, 0.717) is 25.9 Å². The van der Waals surface area contributed by atoms with E-state index in [1.54, 1.807) is 0 Å². The number of hydrogen-bond donors (Lipinski definition) is 2. The van der Waals surface area contributed by atoms with Crippen molar-refractivity contribution in [3.63, 3.8) is 0 Å². The van der Waals surface area contributed by atoms with Crippen molar-refractivity contribution >= 4 is 5.97 Å². The Morgan fingerprint density at radius 2 is 1.34 bits per heavy atom. The van der Waals surface area contributed by atoms with Gasteiger partial charge in [0.25, 0.3) is 0 Å². The molecule has 4 heteroatoms. The molecule has 1 aromatic carbocycles. The van der Waals surface area contributed by atoms with Crippen molar-refractivity contribution in [2.45, 2.75) is 116 Å². The fraction of sp³-hybridized carbons (Fsp3) is 0.720. The van der Waals surface area contributed by atoms with E-state index in [9.17, 15) is 9.90 Å². The van der Waals surface area contributed by atoms with Gasteiger partial charge in [-0.1, -0.05) is 95.0 Å². The maximum atomic E-state index is 11.0. The minimum Gasteiger partial charge on any atom is -0.481 e. The molecule has 0 aliphatic carbocycles. The predicted molar refractivity (Wildman–Crippen MR) is 119 cm³/mol. The van der Waals surface area contributed by atoms with Crippen LogP contribution in [0.3, 0.4) is 0 Å². The molecule has 29 heavy (non-hydrogen) atoms. The van der Waals surface area contributed by atoms with Crippen molar-refractivity contribution in [2.75, 3.05) is 0 Å². The molecule has 166 valence electrons. The normalized spacial score (nSPS) is 13.3. The molecule has 1 rings (SSSR count). The summed E-state index contributed by atoms with van der Waals surface area (Å²) in [4.78, 5) is 10.5. The Hall–Kier alpha value is -1.39. The lowest BCUT2D eigenvalue weighted by atomic mass is 9.99. The summed E-state index contributed by atoms with van der Waals surface area (Å²) in [5.41, 5.74) is 1.10. The van der Waals surface area contributed by atoms with Gasteiger partial charge >= 0.3 is 5.97 Å². The topological polar surface area (TPSA) is 66.8 Å². The molecule has 0 amide bonds. The molecule has 0 spiro atoms. The second kappa shape index (κ2) is 16.4. The van der Waals surface area contributed by atoms with Gasteiger partial charge in [0.15, 0.2) is 5.79 Å². The van der Waals surface area contributed by atoms with Crippen LogP contribution in [0.5, 0.6) is 0 Å². The Kier molecular flexibility index (Phi) is 14.5. The number of aliphatic hydroxyl groups is 1. The third-order valence-corrected chi connectivity index (χ3v) is 5.48. The molecule has 1 aromatic rings. The van der Waals surface area contributed by atoms with E-state index in [-0.39, 0.29) is 0 Å². The summed E-state index contributed by atoms with van der Waals surface area (Å²) >= 11 is 0. The Morgan fingerprint density at radius 1 is 0.828 bits per heavy atom. The zero-order chi connectivity index (χ0) is 21.2. The summed E-state index contributed by atoms with van der Waals surface area (Å²) < 4.78 is 5.98. The maximum Gasteiger partial charge on any atom is 0.303 e. The standard InChI is InChI=1S/C25H42O4/c1-2-3-15-20-25(28,29-22-23-17-12-11-13-18-23)21-16-10-8-6-4-5-7-9-14-19-24(26)27/h11-13,17-18,28H,2-10,14-16,19-22H2,1H3,(H,26,27). The number of rotatable bonds is 19. The van der Waals surface area contributed by atoms with Crippen molar-refractivity contribution in [3.8, 4) is 0 Å². The molecular formula is C25H42O4. The van der Waals surface area contributed by atoms with Crippen LogP contribution >= 0.6 is 0 Å². The van der Waals surface area contributed by atoms with E-state index in [4.69, 9.17) is 9.84 Å². The Morgan fingerprint density at radius 3 is 1.90 bits per heavy atom. The number of ether oxygens (including phenoxy) is 1. The largest absolute Gasteiger partial charge is 0.481 e. The van der Waals surface area contributed by atoms with E-state index in [1.807, 2.05) is 30.3 Å². The van der Waals surface area contributed by atoms with E-state index >= 15 is 0 Å². The lowest BCUT2D eigenvalue weighted by Crippen LogP contribution is -2.32. The van der Waals surface area contributed by atoms with E-state index < -0.39 is 11.8 Å². The lowest BCUT2D eigenvalue weighted by Gasteiger charge is -2.29. The van der Waals surface area contributed by atoms with Crippen LogP contribution in [0.2, 0.25) is 0 Å². The molecule has 1 atom stereocenters. The van der Waals surface area contributed by atoms with Gasteiger partial charge in [0.1, 0.15) is 0 Å². The van der Waals surface area contributed by atoms with Crippen molar-refractivity contribution in [2.24, 2.45) is 0 Å². The number of benzene rings is 1. The van der Waals surface area contributed by atoms with Gasteiger partial charge in [0.2, 0.25) is 0 Å². The first-order valence-corrected chi connectivity index (χ1v) is 11.7. The molecule has 0 bridgehead atoms. The van der Waals surface area contributed by atoms with Gasteiger partial charge < -0.3 is 14.9 Å². The zero-order valence-corrected chi connectivity index (χ0v) is 18.4. The smallest absolute Gasteiger partial charge is 0.303 e. The number of carbonyl (C=O) groups is 1. The van der Waals surface area contributed by atoms with E-state index in [0.717, 1.165) is 56.9 Å². The second-order valence-corrected chi connectivity index (χ2v) is 8.25. The van der Waals surface area contributed by atoms with E-state index in [1.165, 1.54) is 25.7 Å². The molecule has 0 radical (unpaired) electrons. The lowest BCUT2D eigenvalue weighted by molar-refractivity contribution is -0.220. The van der Waals surface area contributed by atoms with E-state index in [2.05, 4.69) is 6.92 Å². The van der Waals surface area contributed by atoms with Crippen LogP contribution in [0.25, 0.3) is 0 Å². The first-order valence-electron chi connectivity index (χ1n) is 11.7. The van der Waals surface area contributed by atoms with Gasteiger partial charge in [-0.05, 0) is 24.8 Å². The highest BCUT2D eigenvalue weighted by Crippen LogP contribution is 2.26. The molecule has 0 aliphatic heterocycles. The number of hydrogen-bond acceptors (Lipinski definition) is 3. The van der Waals surface area contributed by atoms with Crippen molar-refractivity contribution < 1.29 is 19.7 Å². The quantitative estimate of drug-likeness (QED) is 0.195. The van der Waals surface area contributed by atoms with Crippen LogP contribution in [0, 0.1) is 0 Å². The summed E-state index contributed by atoms with van der Waals surface area (Å²) in [6.07, 6.45) is 14.9. The molecule has 2 N–H and O–H groups in total. The first kappa shape index (κ1) is 25.6. The molecule has 0 aromatic heterocycles. The SMILES string of the molecule is CCCCCC(O)(CCCCCCCCCCCC(=O)O)OCc1ccccc1. The molecule has 0 aliphatic rings. The van der Waals surface area contributed by atoms with Gasteiger partial charge in [-0.15, -0.1) is 0 Å². The number of carboxylic acid groups (broad SMARTS) is 1. The Bertz CT molecular complexity index is 517. The average Bonchev–Trinajstić information content (AvgIpc) is 2.71. The zero-order valence-electron chi connectivity index (χ0n) is 18.4. The summed E-state index contributed by atoms with van der Waals surface area (Å²) in [6.45, 7) is 2.64. The molecule has 1 unspecified atom stereocenters. The summed E-state index contributed by atoms with van der Waals surface area (Å²) in [5.74, 6) is -1.69. The summed E-state index contributed by atoms with van der Waals surface area (Å²) in [6, 6.07) is 10.1. The number of unbranched alkanes of at least 4 members (excludes halogenated alkanes) is 10. The van der Waals surface area contributed by atoms with Crippen LogP contribution in [0.15, 0.2) is 30.3 Å². The predicted octanol–water partition coefficient (Wildman–Crippen LogP) is 6.85. The van der Waals surface area contributed by atoms with Crippen LogP contribution in [0.4, 0.5) is 0 Å². The third-order valence-electron chi connectivity index (χ3n) is 5.48. The van der Waals surface area contributed by atoms with Crippen molar-refractivity contribution in [3.05, 3.63) is 35.9 Å². The number of carboxylic acids is 1. The molecule has 0 saturated carbocycles. The minimum absolute atomic E-state index is 0.299. The monoisotopic (exact) mass is 406 g/mol. The van der Waals surface area contributed by atoms with Crippen LogP contribution in [0.1, 0.15) is 109 Å². The minimum atomic E-state index is -1.00. The Balaban J connectivity index is 2.16. The molecule has 0 fully saturated rings. The fourth-order valence-electron chi connectivity index (χ4n) is 3.63. The summed E-state index contributed by atoms with van der Waals surface area (Å²) in [7, 11) is 0. The van der Waals surface area contributed by atoms with Gasteiger partial charge in [-0.25, -0.2) is 0 Å². The first-order chi connectivity index (χ1) is 14.1. The highest BCUT2D eigenvalue weighted by Gasteiger charge is 2.26. The maximum absolute atomic E-state index is 11.0. The average molecular weight is 407 g/mol. The molecule has 4 nitrogen and oxygen atoms in total.